The normalized spacial score (nSPS) is 11.3. The van der Waals surface area contributed by atoms with Crippen molar-refractivity contribution in [1.29, 1.82) is 5.26 Å². The number of carbonyl (C=O) groups excluding carboxylic acids is 1. The highest BCUT2D eigenvalue weighted by molar-refractivity contribution is 7.89. The van der Waals surface area contributed by atoms with Crippen molar-refractivity contribution >= 4 is 32.5 Å². The fourth-order valence-corrected chi connectivity index (χ4v) is 5.12. The number of carbonyl (C=O) groups is 1. The summed E-state index contributed by atoms with van der Waals surface area (Å²) in [6.45, 7) is 2.28. The Labute approximate surface area is 198 Å². The summed E-state index contributed by atoms with van der Waals surface area (Å²) in [7, 11) is -3.63. The minimum Gasteiger partial charge on any atom is -0.361 e. The topological polar surface area (TPSA) is 115 Å². The fourth-order valence-electron chi connectivity index (χ4n) is 3.76. The molecule has 1 amide bonds. The molecule has 7 nitrogen and oxygen atoms in total. The van der Waals surface area contributed by atoms with E-state index in [0.717, 1.165) is 22.0 Å². The van der Waals surface area contributed by atoms with Gasteiger partial charge in [0.2, 0.25) is 15.9 Å². The predicted molar refractivity (Wildman–Crippen MR) is 133 cm³/mol. The highest BCUT2D eigenvalue weighted by atomic mass is 32.2. The van der Waals surface area contributed by atoms with E-state index in [1.54, 1.807) is 66.9 Å². The number of aromatic amines is 1. The molecule has 0 aliphatic rings. The van der Waals surface area contributed by atoms with Gasteiger partial charge in [0.25, 0.3) is 0 Å². The highest BCUT2D eigenvalue weighted by Crippen LogP contribution is 2.28. The Hall–Kier alpha value is -3.93. The first-order valence-corrected chi connectivity index (χ1v) is 12.4. The maximum absolute atomic E-state index is 12.7. The third-order valence-corrected chi connectivity index (χ3v) is 6.97. The van der Waals surface area contributed by atoms with Gasteiger partial charge in [0, 0.05) is 34.9 Å². The van der Waals surface area contributed by atoms with Crippen LogP contribution in [0.3, 0.4) is 0 Å². The summed E-state index contributed by atoms with van der Waals surface area (Å²) in [6.07, 6.45) is 2.63. The lowest BCUT2D eigenvalue weighted by molar-refractivity contribution is -0.115. The molecule has 0 spiro atoms. The largest absolute Gasteiger partial charge is 0.361 e. The molecule has 0 bridgehead atoms. The molecule has 0 aliphatic carbocycles. The molecule has 0 fully saturated rings. The van der Waals surface area contributed by atoms with Crippen LogP contribution < -0.4 is 10.0 Å². The Morgan fingerprint density at radius 2 is 1.82 bits per heavy atom. The molecule has 4 rings (SSSR count). The van der Waals surface area contributed by atoms with E-state index in [2.05, 4.69) is 21.1 Å². The maximum atomic E-state index is 12.7. The lowest BCUT2D eigenvalue weighted by Gasteiger charge is -2.12. The minimum atomic E-state index is -3.63. The summed E-state index contributed by atoms with van der Waals surface area (Å²) < 4.78 is 28.0. The molecule has 0 radical (unpaired) electrons. The highest BCUT2D eigenvalue weighted by Gasteiger charge is 2.18. The average Bonchev–Trinajstić information content (AvgIpc) is 3.25. The van der Waals surface area contributed by atoms with Crippen molar-refractivity contribution in [3.63, 3.8) is 0 Å². The molecule has 1 aromatic heterocycles. The first kappa shape index (κ1) is 23.2. The predicted octanol–water partition coefficient (Wildman–Crippen LogP) is 4.58. The zero-order chi connectivity index (χ0) is 24.1. The Balaban J connectivity index is 1.50. The number of sulfonamides is 1. The van der Waals surface area contributed by atoms with Crippen molar-refractivity contribution in [1.82, 2.24) is 9.71 Å². The van der Waals surface area contributed by atoms with Gasteiger partial charge >= 0.3 is 0 Å². The van der Waals surface area contributed by atoms with Crippen LogP contribution in [0.25, 0.3) is 22.0 Å². The molecule has 3 N–H and O–H groups in total. The number of nitrogens with one attached hydrogen (secondary N) is 3. The molecule has 1 heterocycles. The third kappa shape index (κ3) is 5.01. The first-order chi connectivity index (χ1) is 16.4. The Bertz CT molecular complexity index is 1480. The lowest BCUT2D eigenvalue weighted by Crippen LogP contribution is -2.24. The van der Waals surface area contributed by atoms with E-state index in [9.17, 15) is 13.2 Å². The van der Waals surface area contributed by atoms with Crippen LogP contribution in [0.4, 0.5) is 5.69 Å². The Morgan fingerprint density at radius 1 is 1.06 bits per heavy atom. The molecule has 0 atom stereocenters. The maximum Gasteiger partial charge on any atom is 0.241 e. The SMILES string of the molecule is CCCNS(=O)(=O)c1ccccc1-c1ccc(NC(=O)Cc2c[nH]c3ccc(C#N)cc23)cc1. The summed E-state index contributed by atoms with van der Waals surface area (Å²) >= 11 is 0. The van der Waals surface area contributed by atoms with Gasteiger partial charge in [-0.1, -0.05) is 37.3 Å². The van der Waals surface area contributed by atoms with E-state index in [-0.39, 0.29) is 17.2 Å². The van der Waals surface area contributed by atoms with E-state index >= 15 is 0 Å². The van der Waals surface area contributed by atoms with E-state index < -0.39 is 10.0 Å². The van der Waals surface area contributed by atoms with Crippen LogP contribution in [0, 0.1) is 11.3 Å². The molecule has 0 saturated heterocycles. The van der Waals surface area contributed by atoms with Gasteiger partial charge in [-0.25, -0.2) is 13.1 Å². The minimum absolute atomic E-state index is 0.154. The standard InChI is InChI=1S/C26H24N4O3S/c1-2-13-29-34(32,33)25-6-4-3-5-22(25)19-8-10-21(11-9-19)30-26(31)15-20-17-28-24-12-7-18(16-27)14-23(20)24/h3-12,14,17,28-29H,2,13,15H2,1H3,(H,30,31). The number of nitriles is 1. The molecule has 8 heteroatoms. The number of aromatic nitrogens is 1. The van der Waals surface area contributed by atoms with Gasteiger partial charge in [-0.15, -0.1) is 0 Å². The molecule has 0 saturated carbocycles. The van der Waals surface area contributed by atoms with Crippen molar-refractivity contribution < 1.29 is 13.2 Å². The Morgan fingerprint density at radius 3 is 2.56 bits per heavy atom. The molecule has 0 unspecified atom stereocenters. The van der Waals surface area contributed by atoms with Gasteiger partial charge in [-0.3, -0.25) is 4.79 Å². The van der Waals surface area contributed by atoms with Crippen LogP contribution in [-0.2, 0) is 21.2 Å². The van der Waals surface area contributed by atoms with Crippen LogP contribution >= 0.6 is 0 Å². The number of H-pyrrole nitrogens is 1. The van der Waals surface area contributed by atoms with Crippen molar-refractivity contribution in [2.75, 3.05) is 11.9 Å². The molecular weight excluding hydrogens is 448 g/mol. The van der Waals surface area contributed by atoms with E-state index in [0.29, 0.717) is 29.8 Å². The van der Waals surface area contributed by atoms with Gasteiger partial charge in [0.1, 0.15) is 0 Å². The van der Waals surface area contributed by atoms with Crippen LogP contribution in [0.15, 0.2) is 77.8 Å². The summed E-state index contributed by atoms with van der Waals surface area (Å²) in [5.41, 5.74) is 4.15. The number of anilines is 1. The monoisotopic (exact) mass is 472 g/mol. The second-order valence-corrected chi connectivity index (χ2v) is 9.62. The van der Waals surface area contributed by atoms with E-state index in [4.69, 9.17) is 5.26 Å². The van der Waals surface area contributed by atoms with Gasteiger partial charge < -0.3 is 10.3 Å². The molecule has 4 aromatic rings. The number of amides is 1. The smallest absolute Gasteiger partial charge is 0.241 e. The van der Waals surface area contributed by atoms with Crippen molar-refractivity contribution in [2.45, 2.75) is 24.7 Å². The number of benzene rings is 3. The zero-order valence-corrected chi connectivity index (χ0v) is 19.4. The molecular formula is C26H24N4O3S. The summed E-state index contributed by atoms with van der Waals surface area (Å²) in [5.74, 6) is -0.192. The Kier molecular flexibility index (Phi) is 6.77. The first-order valence-electron chi connectivity index (χ1n) is 10.9. The molecule has 172 valence electrons. The van der Waals surface area contributed by atoms with Crippen molar-refractivity contribution in [3.05, 3.63) is 84.1 Å². The second kappa shape index (κ2) is 9.91. The number of fused-ring (bicyclic) bond motifs is 1. The zero-order valence-electron chi connectivity index (χ0n) is 18.6. The summed E-state index contributed by atoms with van der Waals surface area (Å²) in [4.78, 5) is 16.0. The van der Waals surface area contributed by atoms with Crippen molar-refractivity contribution in [3.8, 4) is 17.2 Å². The van der Waals surface area contributed by atoms with Gasteiger partial charge in [-0.05, 0) is 53.9 Å². The lowest BCUT2D eigenvalue weighted by atomic mass is 10.1. The van der Waals surface area contributed by atoms with Crippen LogP contribution in [0.2, 0.25) is 0 Å². The van der Waals surface area contributed by atoms with E-state index in [1.165, 1.54) is 0 Å². The molecule has 3 aromatic carbocycles. The number of rotatable bonds is 8. The van der Waals surface area contributed by atoms with Crippen LogP contribution in [0.5, 0.6) is 0 Å². The summed E-state index contributed by atoms with van der Waals surface area (Å²) in [5, 5.41) is 12.9. The van der Waals surface area contributed by atoms with Crippen LogP contribution in [0.1, 0.15) is 24.5 Å². The quantitative estimate of drug-likeness (QED) is 0.348. The van der Waals surface area contributed by atoms with Gasteiger partial charge in [0.05, 0.1) is 22.9 Å². The second-order valence-electron chi connectivity index (χ2n) is 7.88. The fraction of sp³-hybridized carbons (Fsp3) is 0.154. The third-order valence-electron chi connectivity index (χ3n) is 5.45. The average molecular weight is 473 g/mol. The van der Waals surface area contributed by atoms with Crippen molar-refractivity contribution in [2.24, 2.45) is 0 Å². The summed E-state index contributed by atoms with van der Waals surface area (Å²) in [6, 6.07) is 21.3. The number of hydrogen-bond donors (Lipinski definition) is 3. The molecule has 34 heavy (non-hydrogen) atoms. The van der Waals surface area contributed by atoms with Crippen LogP contribution in [-0.4, -0.2) is 25.9 Å². The number of nitrogens with zero attached hydrogens (tertiary/aromatic N) is 1. The van der Waals surface area contributed by atoms with E-state index in [1.807, 2.05) is 13.0 Å². The molecule has 0 aliphatic heterocycles. The van der Waals surface area contributed by atoms with Gasteiger partial charge in [0.15, 0.2) is 0 Å². The number of hydrogen-bond acceptors (Lipinski definition) is 4. The van der Waals surface area contributed by atoms with Gasteiger partial charge in [-0.2, -0.15) is 5.26 Å².